The summed E-state index contributed by atoms with van der Waals surface area (Å²) < 4.78 is 0. The zero-order valence-corrected chi connectivity index (χ0v) is 10.9. The molecule has 3 aromatic rings. The molecule has 3 rings (SSSR count). The fraction of sp³-hybridized carbons (Fsp3) is 0. The van der Waals surface area contributed by atoms with Crippen molar-refractivity contribution in [3.8, 4) is 11.3 Å². The van der Waals surface area contributed by atoms with Crippen LogP contribution in [0.5, 0.6) is 0 Å². The van der Waals surface area contributed by atoms with Gasteiger partial charge in [-0.05, 0) is 29.0 Å². The Balaban J connectivity index is 2.19. The summed E-state index contributed by atoms with van der Waals surface area (Å²) in [6, 6.07) is 17.8. The second-order valence-electron chi connectivity index (χ2n) is 4.06. The van der Waals surface area contributed by atoms with Crippen LogP contribution in [0.25, 0.3) is 22.0 Å². The first kappa shape index (κ1) is 11.5. The van der Waals surface area contributed by atoms with Gasteiger partial charge in [-0.15, -0.1) is 0 Å². The molecule has 2 aromatic carbocycles. The van der Waals surface area contributed by atoms with Gasteiger partial charge in [0, 0.05) is 10.6 Å². The summed E-state index contributed by atoms with van der Waals surface area (Å²) in [4.78, 5) is 4.29. The van der Waals surface area contributed by atoms with Gasteiger partial charge in [0.2, 0.25) is 0 Å². The van der Waals surface area contributed by atoms with Crippen LogP contribution in [0, 0.1) is 0 Å². The third kappa shape index (κ3) is 2.20. The van der Waals surface area contributed by atoms with E-state index in [1.807, 2.05) is 24.3 Å². The van der Waals surface area contributed by atoms with E-state index in [-0.39, 0.29) is 0 Å². The van der Waals surface area contributed by atoms with E-state index in [0.29, 0.717) is 10.2 Å². The van der Waals surface area contributed by atoms with E-state index in [2.05, 4.69) is 29.2 Å². The molecule has 0 fully saturated rings. The van der Waals surface area contributed by atoms with E-state index >= 15 is 0 Å². The number of hydrogen-bond acceptors (Lipinski definition) is 1. The van der Waals surface area contributed by atoms with E-state index in [4.69, 9.17) is 23.2 Å². The van der Waals surface area contributed by atoms with Crippen molar-refractivity contribution in [2.75, 3.05) is 0 Å². The van der Waals surface area contributed by atoms with Gasteiger partial charge in [-0.1, -0.05) is 59.6 Å². The lowest BCUT2D eigenvalue weighted by atomic mass is 10.0. The molecule has 0 bridgehead atoms. The van der Waals surface area contributed by atoms with Crippen LogP contribution in [0.3, 0.4) is 0 Å². The van der Waals surface area contributed by atoms with Crippen molar-refractivity contribution < 1.29 is 0 Å². The number of hydrogen-bond donors (Lipinski definition) is 0. The first-order valence-corrected chi connectivity index (χ1v) is 6.30. The lowest BCUT2D eigenvalue weighted by Crippen LogP contribution is -1.85. The molecular weight excluding hydrogens is 265 g/mol. The summed E-state index contributed by atoms with van der Waals surface area (Å²) in [7, 11) is 0. The second-order valence-corrected chi connectivity index (χ2v) is 4.88. The maximum absolute atomic E-state index is 5.99. The van der Waals surface area contributed by atoms with Gasteiger partial charge >= 0.3 is 0 Å². The van der Waals surface area contributed by atoms with E-state index in [0.717, 1.165) is 11.3 Å². The monoisotopic (exact) mass is 273 g/mol. The fourth-order valence-corrected chi connectivity index (χ4v) is 2.43. The number of aromatic nitrogens is 1. The SMILES string of the molecule is Clc1cc(Cl)nc(-c2ccc3ccccc3c2)c1. The number of fused-ring (bicyclic) bond motifs is 1. The van der Waals surface area contributed by atoms with E-state index in [1.165, 1.54) is 10.8 Å². The summed E-state index contributed by atoms with van der Waals surface area (Å²) >= 11 is 11.9. The van der Waals surface area contributed by atoms with Crippen molar-refractivity contribution in [2.45, 2.75) is 0 Å². The Morgan fingerprint density at radius 1 is 0.778 bits per heavy atom. The van der Waals surface area contributed by atoms with Gasteiger partial charge in [0.15, 0.2) is 0 Å². The minimum Gasteiger partial charge on any atom is -0.236 e. The van der Waals surface area contributed by atoms with Crippen molar-refractivity contribution in [3.05, 3.63) is 64.8 Å². The van der Waals surface area contributed by atoms with Crippen LogP contribution in [0.4, 0.5) is 0 Å². The van der Waals surface area contributed by atoms with Crippen molar-refractivity contribution in [1.82, 2.24) is 4.98 Å². The normalized spacial score (nSPS) is 10.8. The van der Waals surface area contributed by atoms with Gasteiger partial charge in [0.05, 0.1) is 5.69 Å². The molecule has 0 aliphatic carbocycles. The average molecular weight is 274 g/mol. The smallest absolute Gasteiger partial charge is 0.131 e. The van der Waals surface area contributed by atoms with Crippen LogP contribution in [0.1, 0.15) is 0 Å². The predicted octanol–water partition coefficient (Wildman–Crippen LogP) is 5.21. The Kier molecular flexibility index (Phi) is 2.94. The molecule has 0 atom stereocenters. The largest absolute Gasteiger partial charge is 0.236 e. The zero-order chi connectivity index (χ0) is 12.5. The third-order valence-electron chi connectivity index (χ3n) is 2.80. The van der Waals surface area contributed by atoms with Gasteiger partial charge in [-0.25, -0.2) is 4.98 Å². The summed E-state index contributed by atoms with van der Waals surface area (Å²) in [6.45, 7) is 0. The van der Waals surface area contributed by atoms with Crippen LogP contribution in [-0.2, 0) is 0 Å². The summed E-state index contributed by atoms with van der Waals surface area (Å²) in [5.41, 5.74) is 1.80. The lowest BCUT2D eigenvalue weighted by Gasteiger charge is -2.04. The summed E-state index contributed by atoms with van der Waals surface area (Å²) in [5, 5.41) is 3.38. The third-order valence-corrected chi connectivity index (χ3v) is 3.22. The summed E-state index contributed by atoms with van der Waals surface area (Å²) in [6.07, 6.45) is 0. The van der Waals surface area contributed by atoms with Crippen molar-refractivity contribution >= 4 is 34.0 Å². The molecule has 18 heavy (non-hydrogen) atoms. The highest BCUT2D eigenvalue weighted by atomic mass is 35.5. The number of rotatable bonds is 1. The van der Waals surface area contributed by atoms with Crippen LogP contribution >= 0.6 is 23.2 Å². The molecule has 3 heteroatoms. The molecule has 0 radical (unpaired) electrons. The molecule has 0 aliphatic rings. The average Bonchev–Trinajstić information content (AvgIpc) is 2.37. The summed E-state index contributed by atoms with van der Waals surface area (Å²) in [5.74, 6) is 0. The molecule has 0 N–H and O–H groups in total. The first-order valence-electron chi connectivity index (χ1n) is 5.55. The Bertz CT molecular complexity index is 702. The van der Waals surface area contributed by atoms with Crippen molar-refractivity contribution in [2.24, 2.45) is 0 Å². The second kappa shape index (κ2) is 4.60. The minimum absolute atomic E-state index is 0.408. The van der Waals surface area contributed by atoms with Gasteiger partial charge in [-0.2, -0.15) is 0 Å². The molecule has 1 heterocycles. The Morgan fingerprint density at radius 2 is 1.56 bits per heavy atom. The van der Waals surface area contributed by atoms with Gasteiger partial charge < -0.3 is 0 Å². The van der Waals surface area contributed by atoms with Gasteiger partial charge in [-0.3, -0.25) is 0 Å². The Labute approximate surface area is 115 Å². The van der Waals surface area contributed by atoms with E-state index in [1.54, 1.807) is 6.07 Å². The molecule has 88 valence electrons. The van der Waals surface area contributed by atoms with Gasteiger partial charge in [0.1, 0.15) is 5.15 Å². The lowest BCUT2D eigenvalue weighted by molar-refractivity contribution is 1.33. The Morgan fingerprint density at radius 3 is 2.33 bits per heavy atom. The van der Waals surface area contributed by atoms with Crippen LogP contribution in [0.15, 0.2) is 54.6 Å². The zero-order valence-electron chi connectivity index (χ0n) is 9.40. The number of pyridine rings is 1. The quantitative estimate of drug-likeness (QED) is 0.555. The first-order chi connectivity index (χ1) is 8.72. The highest BCUT2D eigenvalue weighted by Crippen LogP contribution is 2.26. The van der Waals surface area contributed by atoms with E-state index in [9.17, 15) is 0 Å². The van der Waals surface area contributed by atoms with Gasteiger partial charge in [0.25, 0.3) is 0 Å². The molecule has 0 spiro atoms. The molecule has 0 aliphatic heterocycles. The number of nitrogens with zero attached hydrogens (tertiary/aromatic N) is 1. The number of halogens is 2. The maximum atomic E-state index is 5.99. The highest BCUT2D eigenvalue weighted by Gasteiger charge is 2.04. The standard InChI is InChI=1S/C15H9Cl2N/c16-13-8-14(18-15(17)9-13)12-6-5-10-3-1-2-4-11(10)7-12/h1-9H. The van der Waals surface area contributed by atoms with Crippen molar-refractivity contribution in [3.63, 3.8) is 0 Å². The molecule has 0 amide bonds. The topological polar surface area (TPSA) is 12.9 Å². The molecule has 0 saturated heterocycles. The number of benzene rings is 2. The van der Waals surface area contributed by atoms with Crippen LogP contribution in [-0.4, -0.2) is 4.98 Å². The molecular formula is C15H9Cl2N. The highest BCUT2D eigenvalue weighted by molar-refractivity contribution is 6.34. The molecule has 0 unspecified atom stereocenters. The van der Waals surface area contributed by atoms with Crippen LogP contribution in [0.2, 0.25) is 10.2 Å². The fourth-order valence-electron chi connectivity index (χ4n) is 1.96. The molecule has 1 nitrogen and oxygen atoms in total. The minimum atomic E-state index is 0.408. The van der Waals surface area contributed by atoms with Crippen molar-refractivity contribution in [1.29, 1.82) is 0 Å². The Hall–Kier alpha value is -1.57. The maximum Gasteiger partial charge on any atom is 0.131 e. The van der Waals surface area contributed by atoms with Crippen LogP contribution < -0.4 is 0 Å². The predicted molar refractivity (Wildman–Crippen MR) is 77.2 cm³/mol. The molecule has 1 aromatic heterocycles. The molecule has 0 saturated carbocycles. The van der Waals surface area contributed by atoms with E-state index < -0.39 is 0 Å².